The predicted molar refractivity (Wildman–Crippen MR) is 84.5 cm³/mol. The quantitative estimate of drug-likeness (QED) is 0.826. The summed E-state index contributed by atoms with van der Waals surface area (Å²) in [6.45, 7) is 2.14. The van der Waals surface area contributed by atoms with Gasteiger partial charge in [0.15, 0.2) is 0 Å². The van der Waals surface area contributed by atoms with Crippen molar-refractivity contribution < 1.29 is 4.74 Å². The van der Waals surface area contributed by atoms with Crippen LogP contribution in [0, 0.1) is 6.92 Å². The fraction of sp³-hybridized carbons (Fsp3) is 0.312. The maximum Gasteiger partial charge on any atom is 0.142 e. The molecule has 0 saturated carbocycles. The van der Waals surface area contributed by atoms with Crippen LogP contribution in [-0.4, -0.2) is 24.9 Å². The average Bonchev–Trinajstić information content (AvgIpc) is 2.50. The lowest BCUT2D eigenvalue weighted by atomic mass is 10.2. The molecule has 2 rings (SSSR count). The molecule has 3 nitrogen and oxygen atoms in total. The first-order valence-electron chi connectivity index (χ1n) is 6.61. The first-order chi connectivity index (χ1) is 9.76. The lowest BCUT2D eigenvalue weighted by Gasteiger charge is -2.18. The highest BCUT2D eigenvalue weighted by atomic mass is 32.2. The number of methoxy groups -OCH3 is 1. The van der Waals surface area contributed by atoms with Gasteiger partial charge in [-0.1, -0.05) is 18.2 Å². The fourth-order valence-corrected chi connectivity index (χ4v) is 3.17. The number of pyridine rings is 1. The van der Waals surface area contributed by atoms with Gasteiger partial charge in [0.05, 0.1) is 18.8 Å². The van der Waals surface area contributed by atoms with Crippen molar-refractivity contribution >= 4 is 11.8 Å². The summed E-state index contributed by atoms with van der Waals surface area (Å²) in [6, 6.07) is 12.4. The standard InChI is InChI=1S/C16H20N2OS/c1-12-7-4-5-9-15(12)20-11-13(17-2)16-14(19-3)8-6-10-18-16/h4-10,13,17H,11H2,1-3H3. The minimum Gasteiger partial charge on any atom is -0.495 e. The Morgan fingerprint density at radius 3 is 2.75 bits per heavy atom. The van der Waals surface area contributed by atoms with Gasteiger partial charge in [-0.2, -0.15) is 0 Å². The molecule has 1 heterocycles. The number of aryl methyl sites for hydroxylation is 1. The predicted octanol–water partition coefficient (Wildman–Crippen LogP) is 3.45. The number of hydrogen-bond acceptors (Lipinski definition) is 4. The highest BCUT2D eigenvalue weighted by Crippen LogP contribution is 2.29. The van der Waals surface area contributed by atoms with E-state index in [1.54, 1.807) is 13.3 Å². The molecule has 1 atom stereocenters. The molecule has 0 amide bonds. The van der Waals surface area contributed by atoms with Gasteiger partial charge in [0, 0.05) is 16.8 Å². The number of rotatable bonds is 6. The molecule has 106 valence electrons. The number of ether oxygens (including phenoxy) is 1. The van der Waals surface area contributed by atoms with Gasteiger partial charge in [-0.05, 0) is 37.7 Å². The van der Waals surface area contributed by atoms with E-state index >= 15 is 0 Å². The van der Waals surface area contributed by atoms with Gasteiger partial charge >= 0.3 is 0 Å². The second kappa shape index (κ2) is 7.31. The molecule has 0 aliphatic heterocycles. The van der Waals surface area contributed by atoms with E-state index in [9.17, 15) is 0 Å². The van der Waals surface area contributed by atoms with Crippen molar-refractivity contribution in [2.24, 2.45) is 0 Å². The highest BCUT2D eigenvalue weighted by Gasteiger charge is 2.16. The van der Waals surface area contributed by atoms with Crippen LogP contribution in [0.25, 0.3) is 0 Å². The summed E-state index contributed by atoms with van der Waals surface area (Å²) in [5.74, 6) is 1.74. The molecule has 1 aromatic heterocycles. The van der Waals surface area contributed by atoms with Crippen LogP contribution in [0.4, 0.5) is 0 Å². The zero-order valence-electron chi connectivity index (χ0n) is 12.1. The zero-order valence-corrected chi connectivity index (χ0v) is 12.9. The van der Waals surface area contributed by atoms with E-state index in [0.717, 1.165) is 17.2 Å². The van der Waals surface area contributed by atoms with Crippen molar-refractivity contribution in [1.82, 2.24) is 10.3 Å². The molecular formula is C16H20N2OS. The van der Waals surface area contributed by atoms with Crippen LogP contribution in [0.1, 0.15) is 17.3 Å². The Morgan fingerprint density at radius 1 is 1.25 bits per heavy atom. The Balaban J connectivity index is 2.11. The third kappa shape index (κ3) is 3.52. The van der Waals surface area contributed by atoms with Gasteiger partial charge in [0.2, 0.25) is 0 Å². The molecule has 0 bridgehead atoms. The van der Waals surface area contributed by atoms with Crippen LogP contribution in [0.2, 0.25) is 0 Å². The smallest absolute Gasteiger partial charge is 0.142 e. The fourth-order valence-electron chi connectivity index (χ4n) is 2.03. The average molecular weight is 288 g/mol. The van der Waals surface area contributed by atoms with E-state index in [2.05, 4.69) is 41.5 Å². The molecule has 1 N–H and O–H groups in total. The van der Waals surface area contributed by atoms with Gasteiger partial charge in [-0.3, -0.25) is 4.98 Å². The van der Waals surface area contributed by atoms with E-state index in [0.29, 0.717) is 0 Å². The van der Waals surface area contributed by atoms with Crippen LogP contribution in [0.3, 0.4) is 0 Å². The number of nitrogens with zero attached hydrogens (tertiary/aromatic N) is 1. The van der Waals surface area contributed by atoms with E-state index in [4.69, 9.17) is 4.74 Å². The second-order valence-corrected chi connectivity index (χ2v) is 5.57. The van der Waals surface area contributed by atoms with Gasteiger partial charge in [0.1, 0.15) is 5.75 Å². The minimum atomic E-state index is 0.163. The minimum absolute atomic E-state index is 0.163. The Hall–Kier alpha value is -1.52. The summed E-state index contributed by atoms with van der Waals surface area (Å²) in [6.07, 6.45) is 1.81. The first-order valence-corrected chi connectivity index (χ1v) is 7.59. The summed E-state index contributed by atoms with van der Waals surface area (Å²) in [4.78, 5) is 5.76. The first kappa shape index (κ1) is 14.9. The molecule has 1 aromatic carbocycles. The van der Waals surface area contributed by atoms with Crippen molar-refractivity contribution in [2.45, 2.75) is 17.9 Å². The van der Waals surface area contributed by atoms with Gasteiger partial charge in [-0.15, -0.1) is 11.8 Å². The normalized spacial score (nSPS) is 12.2. The molecule has 0 fully saturated rings. The maximum atomic E-state index is 5.39. The van der Waals surface area contributed by atoms with Crippen LogP contribution >= 0.6 is 11.8 Å². The highest BCUT2D eigenvalue weighted by molar-refractivity contribution is 7.99. The molecule has 0 spiro atoms. The monoisotopic (exact) mass is 288 g/mol. The lowest BCUT2D eigenvalue weighted by Crippen LogP contribution is -2.20. The summed E-state index contributed by atoms with van der Waals surface area (Å²) < 4.78 is 5.39. The molecule has 1 unspecified atom stereocenters. The molecule has 0 aliphatic rings. The molecule has 0 radical (unpaired) electrons. The van der Waals surface area contributed by atoms with E-state index in [1.165, 1.54) is 10.5 Å². The van der Waals surface area contributed by atoms with Crippen molar-refractivity contribution in [3.8, 4) is 5.75 Å². The Morgan fingerprint density at radius 2 is 2.05 bits per heavy atom. The molecule has 0 aliphatic carbocycles. The molecule has 20 heavy (non-hydrogen) atoms. The third-order valence-electron chi connectivity index (χ3n) is 3.20. The van der Waals surface area contributed by atoms with E-state index in [-0.39, 0.29) is 6.04 Å². The maximum absolute atomic E-state index is 5.39. The summed E-state index contributed by atoms with van der Waals surface area (Å²) in [5.41, 5.74) is 2.26. The summed E-state index contributed by atoms with van der Waals surface area (Å²) in [7, 11) is 3.64. The topological polar surface area (TPSA) is 34.2 Å². The third-order valence-corrected chi connectivity index (χ3v) is 4.47. The van der Waals surface area contributed by atoms with Crippen LogP contribution in [0.5, 0.6) is 5.75 Å². The van der Waals surface area contributed by atoms with Crippen molar-refractivity contribution in [3.05, 3.63) is 53.9 Å². The Kier molecular flexibility index (Phi) is 5.44. The number of nitrogens with one attached hydrogen (secondary N) is 1. The lowest BCUT2D eigenvalue weighted by molar-refractivity contribution is 0.400. The van der Waals surface area contributed by atoms with Gasteiger partial charge < -0.3 is 10.1 Å². The van der Waals surface area contributed by atoms with Crippen LogP contribution in [-0.2, 0) is 0 Å². The Labute approximate surface area is 124 Å². The van der Waals surface area contributed by atoms with E-state index < -0.39 is 0 Å². The van der Waals surface area contributed by atoms with Crippen LogP contribution < -0.4 is 10.1 Å². The molecule has 4 heteroatoms. The zero-order chi connectivity index (χ0) is 14.4. The van der Waals surface area contributed by atoms with Crippen LogP contribution in [0.15, 0.2) is 47.5 Å². The molecular weight excluding hydrogens is 268 g/mol. The van der Waals surface area contributed by atoms with Crippen molar-refractivity contribution in [3.63, 3.8) is 0 Å². The van der Waals surface area contributed by atoms with Crippen molar-refractivity contribution in [2.75, 3.05) is 19.9 Å². The number of thioether (sulfide) groups is 1. The summed E-state index contributed by atoms with van der Waals surface area (Å²) >= 11 is 1.84. The SMILES string of the molecule is CNC(CSc1ccccc1C)c1ncccc1OC. The molecule has 2 aromatic rings. The van der Waals surface area contributed by atoms with Gasteiger partial charge in [0.25, 0.3) is 0 Å². The number of hydrogen-bond donors (Lipinski definition) is 1. The summed E-state index contributed by atoms with van der Waals surface area (Å²) in [5, 5.41) is 3.32. The molecule has 0 saturated heterocycles. The number of benzene rings is 1. The van der Waals surface area contributed by atoms with Gasteiger partial charge in [-0.25, -0.2) is 0 Å². The largest absolute Gasteiger partial charge is 0.495 e. The Bertz CT molecular complexity index is 560. The second-order valence-electron chi connectivity index (χ2n) is 4.51. The number of aromatic nitrogens is 1. The van der Waals surface area contributed by atoms with E-state index in [1.807, 2.05) is 30.9 Å². The van der Waals surface area contributed by atoms with Crippen molar-refractivity contribution in [1.29, 1.82) is 0 Å².